The Labute approximate surface area is 133 Å². The SMILES string of the molecule is CCC(Cc1c(O)cc(O)cc1P(=O)(O)O)c1ccc(O)cc1. The molecule has 1 atom stereocenters. The van der Waals surface area contributed by atoms with Crippen LogP contribution >= 0.6 is 7.60 Å². The molecule has 0 spiro atoms. The third-order valence-electron chi connectivity index (χ3n) is 3.81. The van der Waals surface area contributed by atoms with Crippen LogP contribution in [-0.4, -0.2) is 25.1 Å². The summed E-state index contributed by atoms with van der Waals surface area (Å²) in [4.78, 5) is 18.9. The lowest BCUT2D eigenvalue weighted by Gasteiger charge is -2.19. The Bertz CT molecular complexity index is 735. The second-order valence-corrected chi connectivity index (χ2v) is 6.98. The van der Waals surface area contributed by atoms with Gasteiger partial charge in [-0.3, -0.25) is 4.57 Å². The van der Waals surface area contributed by atoms with E-state index in [1.165, 1.54) is 0 Å². The largest absolute Gasteiger partial charge is 0.508 e. The Balaban J connectivity index is 2.45. The van der Waals surface area contributed by atoms with Crippen LogP contribution in [0.5, 0.6) is 17.2 Å². The Morgan fingerprint density at radius 3 is 2.13 bits per heavy atom. The van der Waals surface area contributed by atoms with E-state index >= 15 is 0 Å². The first kappa shape index (κ1) is 17.3. The Morgan fingerprint density at radius 2 is 1.61 bits per heavy atom. The van der Waals surface area contributed by atoms with Crippen molar-refractivity contribution in [3.63, 3.8) is 0 Å². The van der Waals surface area contributed by atoms with Gasteiger partial charge in [-0.05, 0) is 42.5 Å². The van der Waals surface area contributed by atoms with Crippen LogP contribution in [0.3, 0.4) is 0 Å². The molecule has 23 heavy (non-hydrogen) atoms. The summed E-state index contributed by atoms with van der Waals surface area (Å²) in [6, 6.07) is 8.60. The first-order valence-electron chi connectivity index (χ1n) is 7.12. The summed E-state index contributed by atoms with van der Waals surface area (Å²) in [7, 11) is -4.64. The number of phenolic OH excluding ortho intramolecular Hbond substituents is 3. The molecular formula is C16H19O6P. The number of hydrogen-bond donors (Lipinski definition) is 5. The van der Waals surface area contributed by atoms with Crippen molar-refractivity contribution in [1.82, 2.24) is 0 Å². The number of aromatic hydroxyl groups is 3. The van der Waals surface area contributed by atoms with Gasteiger partial charge < -0.3 is 25.1 Å². The Morgan fingerprint density at radius 1 is 1.00 bits per heavy atom. The first-order chi connectivity index (χ1) is 10.7. The van der Waals surface area contributed by atoms with Crippen molar-refractivity contribution in [1.29, 1.82) is 0 Å². The van der Waals surface area contributed by atoms with E-state index in [2.05, 4.69) is 0 Å². The highest BCUT2D eigenvalue weighted by Crippen LogP contribution is 2.40. The van der Waals surface area contributed by atoms with Crippen LogP contribution in [0.4, 0.5) is 0 Å². The molecule has 0 saturated heterocycles. The normalized spacial score (nSPS) is 13.0. The second-order valence-electron chi connectivity index (χ2n) is 5.41. The molecule has 0 fully saturated rings. The minimum absolute atomic E-state index is 0.101. The van der Waals surface area contributed by atoms with Crippen LogP contribution in [0.1, 0.15) is 30.4 Å². The molecule has 2 rings (SSSR count). The molecule has 0 amide bonds. The van der Waals surface area contributed by atoms with E-state index < -0.39 is 13.3 Å². The summed E-state index contributed by atoms with van der Waals surface area (Å²) in [6.07, 6.45) is 0.875. The molecule has 7 heteroatoms. The van der Waals surface area contributed by atoms with Gasteiger partial charge in [-0.2, -0.15) is 0 Å². The molecule has 0 saturated carbocycles. The molecule has 0 radical (unpaired) electrons. The summed E-state index contributed by atoms with van der Waals surface area (Å²) < 4.78 is 11.6. The van der Waals surface area contributed by atoms with E-state index in [0.717, 1.165) is 17.7 Å². The molecule has 5 N–H and O–H groups in total. The van der Waals surface area contributed by atoms with Crippen LogP contribution in [0, 0.1) is 0 Å². The van der Waals surface area contributed by atoms with E-state index in [4.69, 9.17) is 0 Å². The maximum absolute atomic E-state index is 11.6. The minimum atomic E-state index is -4.64. The molecule has 0 bridgehead atoms. The topological polar surface area (TPSA) is 118 Å². The van der Waals surface area contributed by atoms with E-state index in [1.54, 1.807) is 24.3 Å². The molecule has 0 aliphatic rings. The van der Waals surface area contributed by atoms with Gasteiger partial charge in [-0.25, -0.2) is 0 Å². The van der Waals surface area contributed by atoms with Crippen LogP contribution < -0.4 is 5.30 Å². The summed E-state index contributed by atoms with van der Waals surface area (Å²) in [5.74, 6) is -0.717. The van der Waals surface area contributed by atoms with Crippen molar-refractivity contribution in [2.24, 2.45) is 0 Å². The zero-order valence-electron chi connectivity index (χ0n) is 12.5. The summed E-state index contributed by atoms with van der Waals surface area (Å²) in [5, 5.41) is 28.5. The van der Waals surface area contributed by atoms with Crippen LogP contribution in [0.15, 0.2) is 36.4 Å². The third-order valence-corrected chi connectivity index (χ3v) is 4.84. The van der Waals surface area contributed by atoms with Gasteiger partial charge in [0.2, 0.25) is 0 Å². The van der Waals surface area contributed by atoms with Crippen LogP contribution in [0.2, 0.25) is 0 Å². The lowest BCUT2D eigenvalue weighted by Crippen LogP contribution is -2.14. The standard InChI is InChI=1S/C16H19O6P/c1-2-10(11-3-5-12(17)6-4-11)7-14-15(19)8-13(18)9-16(14)23(20,21)22/h3-6,8-10,17-19H,2,7H2,1H3,(H2,20,21,22). The molecular weight excluding hydrogens is 319 g/mol. The third kappa shape index (κ3) is 4.05. The van der Waals surface area contributed by atoms with Crippen molar-refractivity contribution in [2.75, 3.05) is 0 Å². The van der Waals surface area contributed by atoms with E-state index in [9.17, 15) is 29.7 Å². The second kappa shape index (κ2) is 6.62. The maximum atomic E-state index is 11.6. The zero-order chi connectivity index (χ0) is 17.2. The highest BCUT2D eigenvalue weighted by atomic mass is 31.2. The molecule has 0 heterocycles. The fourth-order valence-electron chi connectivity index (χ4n) is 2.59. The molecule has 0 aliphatic heterocycles. The Hall–Kier alpha value is -2.01. The zero-order valence-corrected chi connectivity index (χ0v) is 13.4. The predicted octanol–water partition coefficient (Wildman–Crippen LogP) is 2.34. The van der Waals surface area contributed by atoms with Gasteiger partial charge in [0.1, 0.15) is 17.2 Å². The molecule has 6 nitrogen and oxygen atoms in total. The first-order valence-corrected chi connectivity index (χ1v) is 8.73. The van der Waals surface area contributed by atoms with Crippen molar-refractivity contribution >= 4 is 12.9 Å². The van der Waals surface area contributed by atoms with E-state index in [-0.39, 0.29) is 34.7 Å². The smallest absolute Gasteiger partial charge is 0.356 e. The monoisotopic (exact) mass is 338 g/mol. The molecule has 0 aliphatic carbocycles. The van der Waals surface area contributed by atoms with Gasteiger partial charge in [-0.15, -0.1) is 0 Å². The molecule has 0 aromatic heterocycles. The summed E-state index contributed by atoms with van der Waals surface area (Å²) in [5.41, 5.74) is 1.01. The number of rotatable bonds is 5. The van der Waals surface area contributed by atoms with Crippen molar-refractivity contribution < 1.29 is 29.7 Å². The van der Waals surface area contributed by atoms with Gasteiger partial charge in [0.05, 0.1) is 5.30 Å². The quantitative estimate of drug-likeness (QED) is 0.534. The number of phenols is 3. The van der Waals surface area contributed by atoms with E-state index in [0.29, 0.717) is 6.42 Å². The average Bonchev–Trinajstić information content (AvgIpc) is 2.46. The highest BCUT2D eigenvalue weighted by molar-refractivity contribution is 7.60. The average molecular weight is 338 g/mol. The lowest BCUT2D eigenvalue weighted by molar-refractivity contribution is 0.385. The summed E-state index contributed by atoms with van der Waals surface area (Å²) in [6.45, 7) is 1.92. The minimum Gasteiger partial charge on any atom is -0.508 e. The maximum Gasteiger partial charge on any atom is 0.356 e. The van der Waals surface area contributed by atoms with Gasteiger partial charge in [0.25, 0.3) is 0 Å². The molecule has 124 valence electrons. The van der Waals surface area contributed by atoms with E-state index in [1.807, 2.05) is 6.92 Å². The highest BCUT2D eigenvalue weighted by Gasteiger charge is 2.26. The number of benzene rings is 2. The van der Waals surface area contributed by atoms with Crippen LogP contribution in [0.25, 0.3) is 0 Å². The van der Waals surface area contributed by atoms with Gasteiger partial charge in [-0.1, -0.05) is 19.1 Å². The van der Waals surface area contributed by atoms with Crippen molar-refractivity contribution in [3.05, 3.63) is 47.5 Å². The lowest BCUT2D eigenvalue weighted by atomic mass is 9.89. The molecule has 1 unspecified atom stereocenters. The predicted molar refractivity (Wildman–Crippen MR) is 86.3 cm³/mol. The molecule has 2 aromatic carbocycles. The Kier molecular flexibility index (Phi) is 5.00. The summed E-state index contributed by atoms with van der Waals surface area (Å²) >= 11 is 0. The van der Waals surface area contributed by atoms with Gasteiger partial charge in [0, 0.05) is 11.6 Å². The van der Waals surface area contributed by atoms with Crippen LogP contribution in [-0.2, 0) is 11.0 Å². The molecule has 2 aromatic rings. The van der Waals surface area contributed by atoms with Crippen molar-refractivity contribution in [2.45, 2.75) is 25.7 Å². The van der Waals surface area contributed by atoms with Crippen molar-refractivity contribution in [3.8, 4) is 17.2 Å². The fraction of sp³-hybridized carbons (Fsp3) is 0.250. The fourth-order valence-corrected chi connectivity index (χ4v) is 3.44. The van der Waals surface area contributed by atoms with Gasteiger partial charge >= 0.3 is 7.60 Å². The van der Waals surface area contributed by atoms with Gasteiger partial charge in [0.15, 0.2) is 0 Å². The number of hydrogen-bond acceptors (Lipinski definition) is 4.